The van der Waals surface area contributed by atoms with E-state index >= 15 is 0 Å². The number of rotatable bonds is 9. The Bertz CT molecular complexity index is 1230. The van der Waals surface area contributed by atoms with Gasteiger partial charge in [-0.2, -0.15) is 13.2 Å². The smallest absolute Gasteiger partial charge is 0.433 e. The van der Waals surface area contributed by atoms with Crippen molar-refractivity contribution in [1.29, 1.82) is 0 Å². The van der Waals surface area contributed by atoms with Crippen molar-refractivity contribution in [3.63, 3.8) is 0 Å². The Morgan fingerprint density at radius 3 is 2.10 bits per heavy atom. The van der Waals surface area contributed by atoms with Gasteiger partial charge in [0.25, 0.3) is 0 Å². The number of nitrogens with zero attached hydrogens (tertiary/aromatic N) is 2. The number of aliphatic hydroxyl groups excluding tert-OH is 4. The molecule has 4 N–H and O–H groups in total. The first-order valence-corrected chi connectivity index (χ1v) is 12.4. The topological polar surface area (TPSA) is 126 Å². The van der Waals surface area contributed by atoms with Gasteiger partial charge in [-0.15, -0.1) is 5.10 Å². The molecule has 39 heavy (non-hydrogen) atoms. The van der Waals surface area contributed by atoms with Crippen molar-refractivity contribution in [2.24, 2.45) is 0 Å². The van der Waals surface area contributed by atoms with Crippen LogP contribution in [-0.2, 0) is 30.3 Å². The van der Waals surface area contributed by atoms with Crippen LogP contribution in [0.15, 0.2) is 48.5 Å². The normalized spacial score (nSPS) is 23.6. The lowest BCUT2D eigenvalue weighted by Gasteiger charge is -2.39. The summed E-state index contributed by atoms with van der Waals surface area (Å²) in [6, 6.07) is 13.5. The Morgan fingerprint density at radius 2 is 1.54 bits per heavy atom. The van der Waals surface area contributed by atoms with Crippen molar-refractivity contribution in [2.75, 3.05) is 13.7 Å². The fraction of sp³-hybridized carbons (Fsp3) is 0.444. The van der Waals surface area contributed by atoms with Gasteiger partial charge < -0.3 is 34.6 Å². The van der Waals surface area contributed by atoms with Crippen LogP contribution in [0.2, 0.25) is 0 Å². The van der Waals surface area contributed by atoms with Crippen molar-refractivity contribution in [1.82, 2.24) is 9.78 Å². The SMILES string of the molecule is CCc1ccc(Cc2c(O[C@H]3O[C@H](CO)[C@@H](O)[C@H](O)[C@H]3O)nn(Cc3ccc(OC)cc3)c2C(F)(F)F)cc1. The molecule has 3 aromatic rings. The number of hydrogen-bond donors (Lipinski definition) is 4. The number of aryl methyl sites for hydroxylation is 1. The van der Waals surface area contributed by atoms with Gasteiger partial charge in [-0.05, 0) is 35.2 Å². The van der Waals surface area contributed by atoms with E-state index in [4.69, 9.17) is 14.2 Å². The number of halogens is 3. The molecule has 0 unspecified atom stereocenters. The number of alkyl halides is 3. The Kier molecular flexibility index (Phi) is 8.82. The second-order valence-electron chi connectivity index (χ2n) is 9.30. The second kappa shape index (κ2) is 11.9. The van der Waals surface area contributed by atoms with Gasteiger partial charge in [0.1, 0.15) is 35.9 Å². The van der Waals surface area contributed by atoms with Crippen LogP contribution >= 0.6 is 0 Å². The summed E-state index contributed by atoms with van der Waals surface area (Å²) in [5.41, 5.74) is 0.764. The first-order chi connectivity index (χ1) is 18.5. The van der Waals surface area contributed by atoms with E-state index in [1.807, 2.05) is 19.1 Å². The minimum absolute atomic E-state index is 0.200. The lowest BCUT2D eigenvalue weighted by Crippen LogP contribution is -2.60. The molecule has 0 bridgehead atoms. The highest BCUT2D eigenvalue weighted by Gasteiger charge is 2.46. The van der Waals surface area contributed by atoms with Crippen LogP contribution in [-0.4, -0.2) is 74.6 Å². The Balaban J connectivity index is 1.77. The van der Waals surface area contributed by atoms with Gasteiger partial charge in [-0.1, -0.05) is 43.3 Å². The molecule has 0 radical (unpaired) electrons. The molecule has 1 saturated heterocycles. The molecule has 212 valence electrons. The summed E-state index contributed by atoms with van der Waals surface area (Å²) in [5, 5.41) is 44.2. The molecule has 9 nitrogen and oxygen atoms in total. The third kappa shape index (κ3) is 6.36. The summed E-state index contributed by atoms with van der Waals surface area (Å²) in [6.07, 6.45) is -12.5. The molecule has 5 atom stereocenters. The predicted molar refractivity (Wildman–Crippen MR) is 132 cm³/mol. The minimum atomic E-state index is -4.82. The van der Waals surface area contributed by atoms with Crippen molar-refractivity contribution in [3.8, 4) is 11.6 Å². The van der Waals surface area contributed by atoms with Gasteiger partial charge in [0.15, 0.2) is 0 Å². The zero-order chi connectivity index (χ0) is 28.3. The Labute approximate surface area is 223 Å². The average Bonchev–Trinajstić information content (AvgIpc) is 3.26. The highest BCUT2D eigenvalue weighted by molar-refractivity contribution is 5.40. The zero-order valence-corrected chi connectivity index (χ0v) is 21.4. The first kappa shape index (κ1) is 28.8. The van der Waals surface area contributed by atoms with Crippen LogP contribution in [0.25, 0.3) is 0 Å². The van der Waals surface area contributed by atoms with Crippen LogP contribution < -0.4 is 9.47 Å². The van der Waals surface area contributed by atoms with Crippen LogP contribution in [0.3, 0.4) is 0 Å². The zero-order valence-electron chi connectivity index (χ0n) is 21.4. The summed E-state index contributed by atoms with van der Waals surface area (Å²) in [6.45, 7) is 0.992. The third-order valence-corrected chi connectivity index (χ3v) is 6.66. The van der Waals surface area contributed by atoms with Crippen molar-refractivity contribution >= 4 is 0 Å². The third-order valence-electron chi connectivity index (χ3n) is 6.66. The first-order valence-electron chi connectivity index (χ1n) is 12.4. The molecule has 0 spiro atoms. The molecule has 1 aromatic heterocycles. The molecule has 0 amide bonds. The minimum Gasteiger partial charge on any atom is -0.497 e. The molecule has 4 rings (SSSR count). The molecule has 1 aliphatic heterocycles. The van der Waals surface area contributed by atoms with Crippen molar-refractivity contribution in [3.05, 3.63) is 76.5 Å². The molecular weight excluding hydrogens is 521 g/mol. The number of ether oxygens (including phenoxy) is 3. The lowest BCUT2D eigenvalue weighted by molar-refractivity contribution is -0.278. The van der Waals surface area contributed by atoms with Crippen LogP contribution in [0, 0.1) is 0 Å². The fourth-order valence-electron chi connectivity index (χ4n) is 4.44. The summed E-state index contributed by atoms with van der Waals surface area (Å²) >= 11 is 0. The van der Waals surface area contributed by atoms with E-state index in [0.717, 1.165) is 16.7 Å². The average molecular weight is 553 g/mol. The number of aromatic nitrogens is 2. The maximum absolute atomic E-state index is 14.5. The number of methoxy groups -OCH3 is 1. The van der Waals surface area contributed by atoms with E-state index in [2.05, 4.69) is 5.10 Å². The second-order valence-corrected chi connectivity index (χ2v) is 9.30. The van der Waals surface area contributed by atoms with E-state index in [1.54, 1.807) is 36.4 Å². The predicted octanol–water partition coefficient (Wildman–Crippen LogP) is 2.29. The molecule has 2 aromatic carbocycles. The monoisotopic (exact) mass is 552 g/mol. The maximum atomic E-state index is 14.5. The van der Waals surface area contributed by atoms with Gasteiger partial charge in [-0.25, -0.2) is 0 Å². The van der Waals surface area contributed by atoms with E-state index < -0.39 is 55.1 Å². The molecule has 1 aliphatic rings. The maximum Gasteiger partial charge on any atom is 0.433 e. The van der Waals surface area contributed by atoms with Crippen LogP contribution in [0.4, 0.5) is 13.2 Å². The highest BCUT2D eigenvalue weighted by Crippen LogP contribution is 2.39. The standard InChI is InChI=1S/C27H31F3N2O7/c1-3-15-4-6-16(7-5-15)12-19-24(27(28,29)30)32(13-17-8-10-18(37-2)11-9-17)31-25(19)39-26-23(36)22(35)21(34)20(14-33)38-26/h4-11,20-23,26,33-36H,3,12-14H2,1-2H3/t20-,21-,22+,23-,26-/m1/s1. The summed E-state index contributed by atoms with van der Waals surface area (Å²) in [5.74, 6) is 0.0813. The van der Waals surface area contributed by atoms with Crippen LogP contribution in [0.5, 0.6) is 11.6 Å². The van der Waals surface area contributed by atoms with Crippen molar-refractivity contribution in [2.45, 2.75) is 63.2 Å². The lowest BCUT2D eigenvalue weighted by atomic mass is 9.99. The largest absolute Gasteiger partial charge is 0.497 e. The number of hydrogen-bond acceptors (Lipinski definition) is 8. The highest BCUT2D eigenvalue weighted by atomic mass is 19.4. The van der Waals surface area contributed by atoms with E-state index in [-0.39, 0.29) is 18.5 Å². The number of aliphatic hydroxyl groups is 4. The molecule has 0 saturated carbocycles. The number of benzene rings is 2. The molecular formula is C27H31F3N2O7. The Morgan fingerprint density at radius 1 is 0.923 bits per heavy atom. The van der Waals surface area contributed by atoms with Crippen LogP contribution in [0.1, 0.15) is 34.9 Å². The Hall–Kier alpha value is -3.16. The van der Waals surface area contributed by atoms with Gasteiger partial charge in [0.2, 0.25) is 12.2 Å². The quantitative estimate of drug-likeness (QED) is 0.319. The van der Waals surface area contributed by atoms with Crippen molar-refractivity contribution < 1.29 is 47.8 Å². The molecule has 1 fully saturated rings. The van der Waals surface area contributed by atoms with Gasteiger partial charge >= 0.3 is 6.18 Å². The molecule has 12 heteroatoms. The van der Waals surface area contributed by atoms with E-state index in [9.17, 15) is 33.6 Å². The van der Waals surface area contributed by atoms with Gasteiger partial charge in [-0.3, -0.25) is 4.68 Å². The summed E-state index contributed by atoms with van der Waals surface area (Å²) in [7, 11) is 1.48. The van der Waals surface area contributed by atoms with E-state index in [1.165, 1.54) is 7.11 Å². The van der Waals surface area contributed by atoms with Gasteiger partial charge in [0.05, 0.1) is 25.8 Å². The van der Waals surface area contributed by atoms with Gasteiger partial charge in [0, 0.05) is 6.42 Å². The fourth-order valence-corrected chi connectivity index (χ4v) is 4.44. The summed E-state index contributed by atoms with van der Waals surface area (Å²) in [4.78, 5) is 0. The van der Waals surface area contributed by atoms with E-state index in [0.29, 0.717) is 16.9 Å². The summed E-state index contributed by atoms with van der Waals surface area (Å²) < 4.78 is 60.5. The molecule has 2 heterocycles. The molecule has 0 aliphatic carbocycles.